The van der Waals surface area contributed by atoms with Gasteiger partial charge >= 0.3 is 0 Å². The minimum Gasteiger partial charge on any atom is -0.493 e. The van der Waals surface area contributed by atoms with Crippen LogP contribution < -0.4 is 14.8 Å². The molecule has 0 bridgehead atoms. The molecule has 0 saturated carbocycles. The Labute approximate surface area is 124 Å². The summed E-state index contributed by atoms with van der Waals surface area (Å²) in [6, 6.07) is 8.61. The molecule has 0 aliphatic carbocycles. The molecular formula is C16H21NO2S. The fourth-order valence-electron chi connectivity index (χ4n) is 2.29. The lowest BCUT2D eigenvalue weighted by atomic mass is 10.00. The predicted molar refractivity (Wildman–Crippen MR) is 84.0 cm³/mol. The smallest absolute Gasteiger partial charge is 0.161 e. The Hall–Kier alpha value is -1.52. The summed E-state index contributed by atoms with van der Waals surface area (Å²) in [5.74, 6) is 1.55. The van der Waals surface area contributed by atoms with Crippen molar-refractivity contribution >= 4 is 11.3 Å². The van der Waals surface area contributed by atoms with Gasteiger partial charge in [-0.05, 0) is 60.0 Å². The van der Waals surface area contributed by atoms with E-state index in [1.807, 2.05) is 19.2 Å². The number of thiophene rings is 1. The van der Waals surface area contributed by atoms with Crippen LogP contribution in [0.1, 0.15) is 23.6 Å². The second kappa shape index (κ2) is 7.31. The quantitative estimate of drug-likeness (QED) is 0.844. The first kappa shape index (κ1) is 14.9. The second-order valence-electron chi connectivity index (χ2n) is 4.63. The van der Waals surface area contributed by atoms with Gasteiger partial charge in [0.2, 0.25) is 0 Å². The van der Waals surface area contributed by atoms with Crippen LogP contribution in [-0.2, 0) is 6.42 Å². The molecule has 108 valence electrons. The molecule has 0 spiro atoms. The number of rotatable bonds is 7. The molecule has 1 heterocycles. The summed E-state index contributed by atoms with van der Waals surface area (Å²) < 4.78 is 10.7. The maximum atomic E-state index is 5.37. The van der Waals surface area contributed by atoms with Crippen LogP contribution in [0.15, 0.2) is 35.0 Å². The Kier molecular flexibility index (Phi) is 5.44. The van der Waals surface area contributed by atoms with Crippen molar-refractivity contribution in [2.24, 2.45) is 0 Å². The maximum absolute atomic E-state index is 5.37. The van der Waals surface area contributed by atoms with E-state index in [9.17, 15) is 0 Å². The van der Waals surface area contributed by atoms with Gasteiger partial charge < -0.3 is 14.8 Å². The van der Waals surface area contributed by atoms with Crippen molar-refractivity contribution in [1.82, 2.24) is 5.32 Å². The third-order valence-corrected chi connectivity index (χ3v) is 4.19. The highest BCUT2D eigenvalue weighted by atomic mass is 32.1. The lowest BCUT2D eigenvalue weighted by Gasteiger charge is -2.18. The van der Waals surface area contributed by atoms with Gasteiger partial charge in [-0.15, -0.1) is 0 Å². The number of benzene rings is 1. The highest BCUT2D eigenvalue weighted by Crippen LogP contribution is 2.31. The van der Waals surface area contributed by atoms with Crippen molar-refractivity contribution in [3.63, 3.8) is 0 Å². The zero-order valence-corrected chi connectivity index (χ0v) is 13.0. The highest BCUT2D eigenvalue weighted by Gasteiger charge is 2.13. The van der Waals surface area contributed by atoms with Crippen molar-refractivity contribution in [1.29, 1.82) is 0 Å². The summed E-state index contributed by atoms with van der Waals surface area (Å²) >= 11 is 1.75. The van der Waals surface area contributed by atoms with Gasteiger partial charge in [0.1, 0.15) is 0 Å². The Morgan fingerprint density at radius 3 is 2.55 bits per heavy atom. The molecule has 1 aromatic carbocycles. The van der Waals surface area contributed by atoms with E-state index in [0.29, 0.717) is 6.04 Å². The normalized spacial score (nSPS) is 12.2. The molecule has 0 amide bonds. The maximum Gasteiger partial charge on any atom is 0.161 e. The molecule has 3 nitrogen and oxygen atoms in total. The Morgan fingerprint density at radius 1 is 1.15 bits per heavy atom. The molecule has 1 aromatic heterocycles. The second-order valence-corrected chi connectivity index (χ2v) is 5.41. The topological polar surface area (TPSA) is 30.5 Å². The summed E-state index contributed by atoms with van der Waals surface area (Å²) in [6.45, 7) is 0. The summed E-state index contributed by atoms with van der Waals surface area (Å²) in [4.78, 5) is 0. The van der Waals surface area contributed by atoms with E-state index in [-0.39, 0.29) is 0 Å². The molecule has 2 rings (SSSR count). The third-order valence-electron chi connectivity index (χ3n) is 3.46. The molecule has 0 saturated heterocycles. The average molecular weight is 291 g/mol. The molecule has 0 aliphatic heterocycles. The predicted octanol–water partition coefficient (Wildman–Crippen LogP) is 3.66. The zero-order valence-electron chi connectivity index (χ0n) is 12.2. The summed E-state index contributed by atoms with van der Waals surface area (Å²) in [7, 11) is 5.32. The molecule has 1 unspecified atom stereocenters. The molecule has 0 aliphatic rings. The number of aryl methyl sites for hydroxylation is 1. The first-order valence-electron chi connectivity index (χ1n) is 6.68. The first-order chi connectivity index (χ1) is 9.78. The monoisotopic (exact) mass is 291 g/mol. The van der Waals surface area contributed by atoms with Gasteiger partial charge in [-0.25, -0.2) is 0 Å². The number of hydrogen-bond donors (Lipinski definition) is 1. The van der Waals surface area contributed by atoms with Crippen molar-refractivity contribution < 1.29 is 9.47 Å². The minimum absolute atomic E-state index is 0.315. The highest BCUT2D eigenvalue weighted by molar-refractivity contribution is 7.07. The van der Waals surface area contributed by atoms with Crippen molar-refractivity contribution in [2.75, 3.05) is 21.3 Å². The molecule has 0 fully saturated rings. The fraction of sp³-hybridized carbons (Fsp3) is 0.375. The van der Waals surface area contributed by atoms with Crippen LogP contribution in [0.4, 0.5) is 0 Å². The number of hydrogen-bond acceptors (Lipinski definition) is 4. The lowest BCUT2D eigenvalue weighted by molar-refractivity contribution is 0.353. The largest absolute Gasteiger partial charge is 0.493 e. The van der Waals surface area contributed by atoms with E-state index in [1.165, 1.54) is 11.1 Å². The van der Waals surface area contributed by atoms with Crippen LogP contribution in [0.5, 0.6) is 11.5 Å². The standard InChI is InChI=1S/C16H21NO2S/c1-17-14(6-4-12-8-9-20-11-12)13-5-7-15(18-2)16(10-13)19-3/h5,7-11,14,17H,4,6H2,1-3H3. The molecule has 1 N–H and O–H groups in total. The van der Waals surface area contributed by atoms with Gasteiger partial charge in [-0.3, -0.25) is 0 Å². The Morgan fingerprint density at radius 2 is 1.95 bits per heavy atom. The number of nitrogens with one attached hydrogen (secondary N) is 1. The molecule has 1 atom stereocenters. The van der Waals surface area contributed by atoms with E-state index in [2.05, 4.69) is 28.2 Å². The molecule has 0 radical (unpaired) electrons. The van der Waals surface area contributed by atoms with E-state index in [0.717, 1.165) is 24.3 Å². The summed E-state index contributed by atoms with van der Waals surface area (Å²) in [6.07, 6.45) is 2.13. The Bertz CT molecular complexity index is 525. The number of ether oxygens (including phenoxy) is 2. The SMILES string of the molecule is CNC(CCc1ccsc1)c1ccc(OC)c(OC)c1. The van der Waals surface area contributed by atoms with Gasteiger partial charge in [-0.1, -0.05) is 6.07 Å². The summed E-state index contributed by atoms with van der Waals surface area (Å²) in [5.41, 5.74) is 2.62. The van der Waals surface area contributed by atoms with Crippen LogP contribution in [-0.4, -0.2) is 21.3 Å². The molecule has 4 heteroatoms. The van der Waals surface area contributed by atoms with Gasteiger partial charge in [0.15, 0.2) is 11.5 Å². The zero-order chi connectivity index (χ0) is 14.4. The van der Waals surface area contributed by atoms with Gasteiger partial charge in [0, 0.05) is 6.04 Å². The van der Waals surface area contributed by atoms with E-state index >= 15 is 0 Å². The van der Waals surface area contributed by atoms with Crippen molar-refractivity contribution in [3.05, 3.63) is 46.2 Å². The summed E-state index contributed by atoms with van der Waals surface area (Å²) in [5, 5.41) is 7.71. The number of methoxy groups -OCH3 is 2. The van der Waals surface area contributed by atoms with Crippen LogP contribution in [0, 0.1) is 0 Å². The van der Waals surface area contributed by atoms with Crippen LogP contribution in [0.3, 0.4) is 0 Å². The molecule has 20 heavy (non-hydrogen) atoms. The van der Waals surface area contributed by atoms with Crippen molar-refractivity contribution in [2.45, 2.75) is 18.9 Å². The minimum atomic E-state index is 0.315. The average Bonchev–Trinajstić information content (AvgIpc) is 3.01. The third kappa shape index (κ3) is 3.52. The van der Waals surface area contributed by atoms with E-state index in [4.69, 9.17) is 9.47 Å². The van der Waals surface area contributed by atoms with Gasteiger partial charge in [-0.2, -0.15) is 11.3 Å². The molecule has 2 aromatic rings. The molecular weight excluding hydrogens is 270 g/mol. The fourth-order valence-corrected chi connectivity index (χ4v) is 3.00. The first-order valence-corrected chi connectivity index (χ1v) is 7.63. The van der Waals surface area contributed by atoms with Gasteiger partial charge in [0.05, 0.1) is 14.2 Å². The Balaban J connectivity index is 2.10. The van der Waals surface area contributed by atoms with Crippen LogP contribution in [0.25, 0.3) is 0 Å². The van der Waals surface area contributed by atoms with Crippen LogP contribution in [0.2, 0.25) is 0 Å². The van der Waals surface area contributed by atoms with E-state index < -0.39 is 0 Å². The van der Waals surface area contributed by atoms with Crippen LogP contribution >= 0.6 is 11.3 Å². The van der Waals surface area contributed by atoms with Gasteiger partial charge in [0.25, 0.3) is 0 Å². The lowest BCUT2D eigenvalue weighted by Crippen LogP contribution is -2.17. The van der Waals surface area contributed by atoms with E-state index in [1.54, 1.807) is 25.6 Å². The van der Waals surface area contributed by atoms with Crippen molar-refractivity contribution in [3.8, 4) is 11.5 Å².